The van der Waals surface area contributed by atoms with Crippen molar-refractivity contribution in [1.82, 2.24) is 5.32 Å². The van der Waals surface area contributed by atoms with E-state index in [1.54, 1.807) is 0 Å². The summed E-state index contributed by atoms with van der Waals surface area (Å²) >= 11 is 3.33. The summed E-state index contributed by atoms with van der Waals surface area (Å²) in [6, 6.07) is 6.84. The maximum atomic E-state index is 5.82. The van der Waals surface area contributed by atoms with E-state index in [1.165, 1.54) is 24.0 Å². The van der Waals surface area contributed by atoms with Crippen molar-refractivity contribution in [3.05, 3.63) is 40.4 Å². The van der Waals surface area contributed by atoms with Crippen molar-refractivity contribution in [2.45, 2.75) is 32.2 Å². The molecule has 1 atom stereocenters. The van der Waals surface area contributed by atoms with Crippen LogP contribution in [0.5, 0.6) is 5.75 Å². The van der Waals surface area contributed by atoms with Crippen LogP contribution in [-0.2, 0) is 6.42 Å². The molecule has 0 saturated carbocycles. The molecule has 18 heavy (non-hydrogen) atoms. The van der Waals surface area contributed by atoms with E-state index in [-0.39, 0.29) is 0 Å². The summed E-state index contributed by atoms with van der Waals surface area (Å²) in [4.78, 5) is 0. The molecule has 0 bridgehead atoms. The first-order valence-electron chi connectivity index (χ1n) is 6.53. The van der Waals surface area contributed by atoms with E-state index in [2.05, 4.69) is 52.9 Å². The number of ether oxygens (including phenoxy) is 1. The van der Waals surface area contributed by atoms with Crippen LogP contribution in [-0.4, -0.2) is 13.2 Å². The van der Waals surface area contributed by atoms with Gasteiger partial charge in [-0.05, 0) is 43.0 Å². The molecule has 0 aromatic heterocycles. The summed E-state index contributed by atoms with van der Waals surface area (Å²) in [7, 11) is 0. The van der Waals surface area contributed by atoms with Gasteiger partial charge in [0.05, 0.1) is 0 Å². The Balaban J connectivity index is 2.22. The van der Waals surface area contributed by atoms with Crippen LogP contribution >= 0.6 is 15.9 Å². The van der Waals surface area contributed by atoms with Crippen LogP contribution in [0.15, 0.2) is 29.3 Å². The van der Waals surface area contributed by atoms with Gasteiger partial charge in [-0.15, -0.1) is 0 Å². The topological polar surface area (TPSA) is 21.3 Å². The maximum Gasteiger partial charge on any atom is 0.123 e. The zero-order valence-electron chi connectivity index (χ0n) is 10.8. The van der Waals surface area contributed by atoms with Crippen molar-refractivity contribution < 1.29 is 4.74 Å². The smallest absolute Gasteiger partial charge is 0.123 e. The predicted molar refractivity (Wildman–Crippen MR) is 79.4 cm³/mol. The van der Waals surface area contributed by atoms with Crippen LogP contribution in [0, 0.1) is 0 Å². The highest BCUT2D eigenvalue weighted by Crippen LogP contribution is 2.35. The Bertz CT molecular complexity index is 431. The summed E-state index contributed by atoms with van der Waals surface area (Å²) in [5.41, 5.74) is 2.77. The minimum atomic E-state index is 0.481. The van der Waals surface area contributed by atoms with Gasteiger partial charge in [-0.25, -0.2) is 0 Å². The van der Waals surface area contributed by atoms with E-state index < -0.39 is 0 Å². The molecule has 1 N–H and O–H groups in total. The highest BCUT2D eigenvalue weighted by molar-refractivity contribution is 9.11. The van der Waals surface area contributed by atoms with Crippen molar-refractivity contribution in [3.8, 4) is 5.75 Å². The summed E-state index contributed by atoms with van der Waals surface area (Å²) < 4.78 is 6.69. The van der Waals surface area contributed by atoms with Gasteiger partial charge in [0.1, 0.15) is 12.4 Å². The number of hydrogen-bond acceptors (Lipinski definition) is 2. The van der Waals surface area contributed by atoms with Gasteiger partial charge in [-0.3, -0.25) is 0 Å². The number of benzene rings is 1. The molecule has 98 valence electrons. The van der Waals surface area contributed by atoms with Gasteiger partial charge in [0.2, 0.25) is 0 Å². The van der Waals surface area contributed by atoms with Gasteiger partial charge in [-0.1, -0.05) is 41.6 Å². The van der Waals surface area contributed by atoms with Crippen LogP contribution < -0.4 is 10.1 Å². The number of rotatable bonds is 5. The Hall–Kier alpha value is -0.800. The average molecular weight is 310 g/mol. The van der Waals surface area contributed by atoms with Gasteiger partial charge in [0.25, 0.3) is 0 Å². The molecule has 1 aromatic rings. The molecular weight excluding hydrogens is 290 g/mol. The Morgan fingerprint density at radius 1 is 1.56 bits per heavy atom. The monoisotopic (exact) mass is 309 g/mol. The lowest BCUT2D eigenvalue weighted by Crippen LogP contribution is -2.25. The third kappa shape index (κ3) is 3.15. The lowest BCUT2D eigenvalue weighted by molar-refractivity contribution is 0.350. The largest absolute Gasteiger partial charge is 0.488 e. The third-order valence-electron chi connectivity index (χ3n) is 3.30. The lowest BCUT2D eigenvalue weighted by Gasteiger charge is -2.27. The average Bonchev–Trinajstić information content (AvgIpc) is 2.37. The second kappa shape index (κ2) is 6.39. The van der Waals surface area contributed by atoms with E-state index in [4.69, 9.17) is 4.74 Å². The molecular formula is C15H20BrNO. The summed E-state index contributed by atoms with van der Waals surface area (Å²) in [6.45, 7) is 7.50. The van der Waals surface area contributed by atoms with Crippen LogP contribution in [0.3, 0.4) is 0 Å². The number of hydrogen-bond donors (Lipinski definition) is 1. The van der Waals surface area contributed by atoms with Crippen LogP contribution in [0.1, 0.15) is 36.9 Å². The fourth-order valence-corrected chi connectivity index (χ4v) is 2.68. The Morgan fingerprint density at radius 3 is 3.11 bits per heavy atom. The number of fused-ring (bicyclic) bond motifs is 1. The molecule has 0 radical (unpaired) electrons. The standard InChI is InChI=1S/C15H20BrNO/c1-3-17-14-8-4-7-13-12(14)6-5-9-15(13)18-10-11(2)16/h5-6,9,14,17H,2-4,7-8,10H2,1H3. The summed E-state index contributed by atoms with van der Waals surface area (Å²) in [5, 5.41) is 3.55. The molecule has 0 spiro atoms. The van der Waals surface area contributed by atoms with Crippen molar-refractivity contribution in [3.63, 3.8) is 0 Å². The van der Waals surface area contributed by atoms with Crippen molar-refractivity contribution in [2.75, 3.05) is 13.2 Å². The van der Waals surface area contributed by atoms with Gasteiger partial charge in [-0.2, -0.15) is 0 Å². The zero-order chi connectivity index (χ0) is 13.0. The molecule has 0 saturated heterocycles. The first-order valence-corrected chi connectivity index (χ1v) is 7.33. The molecule has 1 unspecified atom stereocenters. The third-order valence-corrected chi connectivity index (χ3v) is 3.53. The Morgan fingerprint density at radius 2 is 2.39 bits per heavy atom. The predicted octanol–water partition coefficient (Wildman–Crippen LogP) is 3.96. The normalized spacial score (nSPS) is 18.2. The second-order valence-corrected chi connectivity index (χ2v) is 5.75. The highest BCUT2D eigenvalue weighted by Gasteiger charge is 2.21. The summed E-state index contributed by atoms with van der Waals surface area (Å²) in [6.07, 6.45) is 3.55. The van der Waals surface area contributed by atoms with Gasteiger partial charge >= 0.3 is 0 Å². The number of halogens is 1. The van der Waals surface area contributed by atoms with E-state index in [1.807, 2.05) is 0 Å². The molecule has 2 rings (SSSR count). The van der Waals surface area contributed by atoms with E-state index in [9.17, 15) is 0 Å². The molecule has 3 heteroatoms. The fraction of sp³-hybridized carbons (Fsp3) is 0.467. The summed E-state index contributed by atoms with van der Waals surface area (Å²) in [5.74, 6) is 1.01. The van der Waals surface area contributed by atoms with E-state index >= 15 is 0 Å². The van der Waals surface area contributed by atoms with Gasteiger partial charge in [0, 0.05) is 10.5 Å². The molecule has 0 amide bonds. The van der Waals surface area contributed by atoms with Crippen LogP contribution in [0.25, 0.3) is 0 Å². The number of nitrogens with one attached hydrogen (secondary N) is 1. The SMILES string of the molecule is C=C(Br)COc1cccc2c1CCCC2NCC. The molecule has 1 aromatic carbocycles. The van der Waals surface area contributed by atoms with Gasteiger partial charge < -0.3 is 10.1 Å². The second-order valence-electron chi connectivity index (χ2n) is 4.63. The first-order chi connectivity index (χ1) is 8.72. The van der Waals surface area contributed by atoms with Crippen molar-refractivity contribution in [1.29, 1.82) is 0 Å². The van der Waals surface area contributed by atoms with E-state index in [0.717, 1.165) is 23.2 Å². The Labute approximate surface area is 118 Å². The van der Waals surface area contributed by atoms with Gasteiger partial charge in [0.15, 0.2) is 0 Å². The molecule has 2 nitrogen and oxygen atoms in total. The Kier molecular flexibility index (Phi) is 4.84. The quantitative estimate of drug-likeness (QED) is 0.889. The molecule has 0 fully saturated rings. The molecule has 1 aliphatic carbocycles. The zero-order valence-corrected chi connectivity index (χ0v) is 12.4. The van der Waals surface area contributed by atoms with Crippen molar-refractivity contribution >= 4 is 15.9 Å². The minimum absolute atomic E-state index is 0.481. The molecule has 1 aliphatic rings. The van der Waals surface area contributed by atoms with E-state index in [0.29, 0.717) is 12.6 Å². The van der Waals surface area contributed by atoms with Crippen LogP contribution in [0.2, 0.25) is 0 Å². The minimum Gasteiger partial charge on any atom is -0.488 e. The maximum absolute atomic E-state index is 5.82. The lowest BCUT2D eigenvalue weighted by atomic mass is 9.87. The highest BCUT2D eigenvalue weighted by atomic mass is 79.9. The fourth-order valence-electron chi connectivity index (χ4n) is 2.56. The van der Waals surface area contributed by atoms with Crippen LogP contribution in [0.4, 0.5) is 0 Å². The molecule has 0 heterocycles. The van der Waals surface area contributed by atoms with Crippen molar-refractivity contribution in [2.24, 2.45) is 0 Å². The first kappa shape index (κ1) is 13.6. The molecule has 0 aliphatic heterocycles.